The van der Waals surface area contributed by atoms with Crippen LogP contribution >= 0.6 is 0 Å². The first-order valence-corrected chi connectivity index (χ1v) is 17.8. The SMILES string of the molecule is C=C/C=C\C=C/n1c2ccc(C3=Cc4c(n(-c5cccc(-c6cccc(C)c6)c5)c5ccccc45)CC3)cc2c2ccc(-c3ccccc3)cc21. The van der Waals surface area contributed by atoms with Gasteiger partial charge in [-0.15, -0.1) is 0 Å². The van der Waals surface area contributed by atoms with Gasteiger partial charge in [-0.2, -0.15) is 0 Å². The molecule has 1 aliphatic carbocycles. The van der Waals surface area contributed by atoms with E-state index in [2.05, 4.69) is 181 Å². The number of aryl methyl sites for hydroxylation is 1. The first-order valence-electron chi connectivity index (χ1n) is 17.8. The van der Waals surface area contributed by atoms with Crippen LogP contribution in [0.3, 0.4) is 0 Å². The third-order valence-corrected chi connectivity index (χ3v) is 10.3. The third kappa shape index (κ3) is 5.46. The first-order chi connectivity index (χ1) is 25.2. The fourth-order valence-corrected chi connectivity index (χ4v) is 7.90. The van der Waals surface area contributed by atoms with Crippen molar-refractivity contribution < 1.29 is 0 Å². The summed E-state index contributed by atoms with van der Waals surface area (Å²) in [5.41, 5.74) is 16.4. The van der Waals surface area contributed by atoms with Crippen molar-refractivity contribution in [1.82, 2.24) is 9.13 Å². The summed E-state index contributed by atoms with van der Waals surface area (Å²) < 4.78 is 4.81. The Hall–Kier alpha value is -6.38. The minimum atomic E-state index is 0.975. The van der Waals surface area contributed by atoms with Gasteiger partial charge in [0.15, 0.2) is 0 Å². The van der Waals surface area contributed by atoms with Crippen LogP contribution in [0, 0.1) is 6.92 Å². The van der Waals surface area contributed by atoms with Gasteiger partial charge in [-0.3, -0.25) is 0 Å². The predicted molar refractivity (Wildman–Crippen MR) is 219 cm³/mol. The number of nitrogens with zero attached hydrogens (tertiary/aromatic N) is 2. The number of benzene rings is 6. The molecule has 2 heteroatoms. The average molecular weight is 655 g/mol. The zero-order valence-electron chi connectivity index (χ0n) is 28.8. The van der Waals surface area contributed by atoms with Crippen LogP contribution in [0.25, 0.3) is 78.5 Å². The zero-order chi connectivity index (χ0) is 34.3. The minimum Gasteiger partial charge on any atom is -0.316 e. The van der Waals surface area contributed by atoms with Crippen LogP contribution in [-0.2, 0) is 6.42 Å². The van der Waals surface area contributed by atoms with E-state index in [4.69, 9.17) is 0 Å². The molecule has 0 aliphatic heterocycles. The van der Waals surface area contributed by atoms with Crippen molar-refractivity contribution in [2.75, 3.05) is 0 Å². The summed E-state index contributed by atoms with van der Waals surface area (Å²) >= 11 is 0. The summed E-state index contributed by atoms with van der Waals surface area (Å²) in [4.78, 5) is 0. The van der Waals surface area contributed by atoms with Crippen LogP contribution in [-0.4, -0.2) is 9.13 Å². The van der Waals surface area contributed by atoms with Crippen molar-refractivity contribution in [3.8, 4) is 27.9 Å². The largest absolute Gasteiger partial charge is 0.316 e. The number of para-hydroxylation sites is 1. The molecule has 6 aromatic carbocycles. The second-order valence-electron chi connectivity index (χ2n) is 13.5. The molecule has 51 heavy (non-hydrogen) atoms. The highest BCUT2D eigenvalue weighted by molar-refractivity contribution is 6.11. The zero-order valence-corrected chi connectivity index (χ0v) is 28.8. The van der Waals surface area contributed by atoms with Crippen LogP contribution in [0.2, 0.25) is 0 Å². The van der Waals surface area contributed by atoms with Gasteiger partial charge in [0, 0.05) is 39.3 Å². The molecule has 0 bridgehead atoms. The summed E-state index contributed by atoms with van der Waals surface area (Å²) in [5, 5.41) is 3.82. The van der Waals surface area contributed by atoms with Crippen molar-refractivity contribution in [2.45, 2.75) is 19.8 Å². The smallest absolute Gasteiger partial charge is 0.0541 e. The minimum absolute atomic E-state index is 0.975. The molecule has 0 spiro atoms. The molecule has 244 valence electrons. The van der Waals surface area contributed by atoms with Crippen molar-refractivity contribution in [2.24, 2.45) is 0 Å². The molecule has 0 radical (unpaired) electrons. The second-order valence-corrected chi connectivity index (χ2v) is 13.5. The van der Waals surface area contributed by atoms with Crippen molar-refractivity contribution in [3.63, 3.8) is 0 Å². The Labute approximate surface area is 299 Å². The van der Waals surface area contributed by atoms with Gasteiger partial charge in [0.25, 0.3) is 0 Å². The lowest BCUT2D eigenvalue weighted by Crippen LogP contribution is -2.05. The fourth-order valence-electron chi connectivity index (χ4n) is 7.90. The topological polar surface area (TPSA) is 9.86 Å². The van der Waals surface area contributed by atoms with Gasteiger partial charge in [-0.05, 0) is 102 Å². The molecular weight excluding hydrogens is 617 g/mol. The predicted octanol–water partition coefficient (Wildman–Crippen LogP) is 13.1. The lowest BCUT2D eigenvalue weighted by Gasteiger charge is -2.18. The van der Waals surface area contributed by atoms with E-state index in [-0.39, 0.29) is 0 Å². The van der Waals surface area contributed by atoms with Crippen molar-refractivity contribution in [3.05, 3.63) is 193 Å². The Morgan fingerprint density at radius 2 is 1.29 bits per heavy atom. The molecule has 0 atom stereocenters. The molecule has 2 aromatic heterocycles. The Kier molecular flexibility index (Phi) is 7.71. The highest BCUT2D eigenvalue weighted by atomic mass is 15.0. The highest BCUT2D eigenvalue weighted by Crippen LogP contribution is 2.41. The van der Waals surface area contributed by atoms with Gasteiger partial charge < -0.3 is 9.13 Å². The van der Waals surface area contributed by atoms with E-state index >= 15 is 0 Å². The molecule has 0 amide bonds. The number of aromatic nitrogens is 2. The van der Waals surface area contributed by atoms with E-state index in [0.717, 1.165) is 12.8 Å². The number of hydrogen-bond donors (Lipinski definition) is 0. The van der Waals surface area contributed by atoms with Crippen LogP contribution in [0.4, 0.5) is 0 Å². The maximum absolute atomic E-state index is 3.83. The van der Waals surface area contributed by atoms with E-state index in [9.17, 15) is 0 Å². The van der Waals surface area contributed by atoms with Crippen LogP contribution < -0.4 is 0 Å². The van der Waals surface area contributed by atoms with Gasteiger partial charge in [0.1, 0.15) is 0 Å². The van der Waals surface area contributed by atoms with E-state index in [0.29, 0.717) is 0 Å². The van der Waals surface area contributed by atoms with Gasteiger partial charge >= 0.3 is 0 Å². The maximum Gasteiger partial charge on any atom is 0.0541 e. The molecule has 0 unspecified atom stereocenters. The second kappa shape index (κ2) is 12.8. The molecule has 2 nitrogen and oxygen atoms in total. The Morgan fingerprint density at radius 1 is 0.529 bits per heavy atom. The van der Waals surface area contributed by atoms with E-state index in [1.54, 1.807) is 6.08 Å². The van der Waals surface area contributed by atoms with Gasteiger partial charge in [0.2, 0.25) is 0 Å². The Balaban J connectivity index is 1.17. The number of fused-ring (bicyclic) bond motifs is 6. The summed E-state index contributed by atoms with van der Waals surface area (Å²) in [5.74, 6) is 0. The lowest BCUT2D eigenvalue weighted by atomic mass is 9.90. The number of hydrogen-bond acceptors (Lipinski definition) is 0. The van der Waals surface area contributed by atoms with Crippen LogP contribution in [0.15, 0.2) is 170 Å². The van der Waals surface area contributed by atoms with Gasteiger partial charge in [-0.25, -0.2) is 0 Å². The molecule has 8 aromatic rings. The molecule has 2 heterocycles. The van der Waals surface area contributed by atoms with Crippen molar-refractivity contribution >= 4 is 50.6 Å². The summed E-state index contributed by atoms with van der Waals surface area (Å²) in [7, 11) is 0. The highest BCUT2D eigenvalue weighted by Gasteiger charge is 2.22. The van der Waals surface area contributed by atoms with E-state index in [1.807, 2.05) is 12.2 Å². The van der Waals surface area contributed by atoms with Crippen LogP contribution in [0.5, 0.6) is 0 Å². The Morgan fingerprint density at radius 3 is 2.16 bits per heavy atom. The average Bonchev–Trinajstić information content (AvgIpc) is 3.68. The standard InChI is InChI=1S/C49H38N2/c1-3-4-5-11-28-50-46-26-23-38(31-44(46)43-25-22-40(33-49(43)50)35-15-7-6-8-16-35)39-24-27-48-45(32-39)42-20-9-10-21-47(42)51(48)41-19-13-18-37(30-41)36-17-12-14-34(2)29-36/h3-23,25-26,28-33H,1,24,27H2,2H3/b5-4-,28-11-. The maximum atomic E-state index is 3.83. The fraction of sp³-hybridized carbons (Fsp3) is 0.0612. The molecule has 0 saturated carbocycles. The first kappa shape index (κ1) is 30.7. The van der Waals surface area contributed by atoms with Crippen LogP contribution in [0.1, 0.15) is 28.8 Å². The van der Waals surface area contributed by atoms with Crippen molar-refractivity contribution in [1.29, 1.82) is 0 Å². The molecule has 9 rings (SSSR count). The van der Waals surface area contributed by atoms with E-state index < -0.39 is 0 Å². The summed E-state index contributed by atoms with van der Waals surface area (Å²) in [6.45, 7) is 5.98. The molecule has 0 saturated heterocycles. The Bertz CT molecular complexity index is 2710. The molecule has 1 aliphatic rings. The monoisotopic (exact) mass is 654 g/mol. The van der Waals surface area contributed by atoms with E-state index in [1.165, 1.54) is 88.6 Å². The number of rotatable bonds is 7. The lowest BCUT2D eigenvalue weighted by molar-refractivity contribution is 0.898. The quantitative estimate of drug-likeness (QED) is 0.151. The molecule has 0 fully saturated rings. The summed E-state index contributed by atoms with van der Waals surface area (Å²) in [6.07, 6.45) is 14.4. The van der Waals surface area contributed by atoms with Gasteiger partial charge in [0.05, 0.1) is 16.6 Å². The van der Waals surface area contributed by atoms with Gasteiger partial charge in [-0.1, -0.05) is 133 Å². The summed E-state index contributed by atoms with van der Waals surface area (Å²) in [6, 6.07) is 51.2. The number of allylic oxidation sites excluding steroid dienone is 5. The third-order valence-electron chi connectivity index (χ3n) is 10.3. The normalized spacial score (nSPS) is 13.1. The molecular formula is C49H38N2. The molecule has 0 N–H and O–H groups in total.